The maximum atomic E-state index is 12.4. The first-order chi connectivity index (χ1) is 10.8. The van der Waals surface area contributed by atoms with Gasteiger partial charge in [-0.2, -0.15) is 0 Å². The smallest absolute Gasteiger partial charge is 0.282 e. The van der Waals surface area contributed by atoms with Gasteiger partial charge in [-0.15, -0.1) is 0 Å². The summed E-state index contributed by atoms with van der Waals surface area (Å²) in [5, 5.41) is 23.7. The largest absolute Gasteiger partial charge is 0.508 e. The van der Waals surface area contributed by atoms with Gasteiger partial charge in [-0.3, -0.25) is 14.9 Å². The van der Waals surface area contributed by atoms with Gasteiger partial charge in [-0.1, -0.05) is 26.0 Å². The van der Waals surface area contributed by atoms with Crippen LogP contribution in [0.4, 0.5) is 11.4 Å². The van der Waals surface area contributed by atoms with Crippen LogP contribution in [0.5, 0.6) is 5.75 Å². The second kappa shape index (κ2) is 6.48. The van der Waals surface area contributed by atoms with E-state index in [9.17, 15) is 20.0 Å². The molecule has 0 heterocycles. The molecule has 2 N–H and O–H groups in total. The van der Waals surface area contributed by atoms with Gasteiger partial charge in [0.15, 0.2) is 0 Å². The van der Waals surface area contributed by atoms with Crippen molar-refractivity contribution in [2.45, 2.75) is 26.7 Å². The maximum absolute atomic E-state index is 12.4. The van der Waals surface area contributed by atoms with Gasteiger partial charge in [0, 0.05) is 11.8 Å². The van der Waals surface area contributed by atoms with Crippen molar-refractivity contribution < 1.29 is 14.8 Å². The highest BCUT2D eigenvalue weighted by Crippen LogP contribution is 2.31. The number of phenolic OH excluding ortho intramolecular Hbond substituents is 1. The van der Waals surface area contributed by atoms with Crippen molar-refractivity contribution in [3.8, 4) is 5.75 Å². The SMILES string of the molecule is Cc1cc(O)c(C(C)C)cc1NC(=O)c1ccccc1[N+](=O)[O-]. The van der Waals surface area contributed by atoms with E-state index < -0.39 is 10.8 Å². The summed E-state index contributed by atoms with van der Waals surface area (Å²) in [7, 11) is 0. The minimum Gasteiger partial charge on any atom is -0.508 e. The van der Waals surface area contributed by atoms with Crippen molar-refractivity contribution in [2.24, 2.45) is 0 Å². The molecule has 120 valence electrons. The third-order valence-electron chi connectivity index (χ3n) is 3.59. The Labute approximate surface area is 133 Å². The molecular formula is C17H18N2O4. The monoisotopic (exact) mass is 314 g/mol. The van der Waals surface area contributed by atoms with Gasteiger partial charge in [0.05, 0.1) is 4.92 Å². The summed E-state index contributed by atoms with van der Waals surface area (Å²) in [5.41, 5.74) is 1.66. The number of nitro benzene ring substituents is 1. The fourth-order valence-corrected chi connectivity index (χ4v) is 2.32. The molecule has 0 aromatic heterocycles. The Morgan fingerprint density at radius 3 is 2.52 bits per heavy atom. The van der Waals surface area contributed by atoms with Crippen molar-refractivity contribution in [1.29, 1.82) is 0 Å². The second-order valence-corrected chi connectivity index (χ2v) is 5.61. The summed E-state index contributed by atoms with van der Waals surface area (Å²) < 4.78 is 0. The van der Waals surface area contributed by atoms with Crippen LogP contribution in [0.3, 0.4) is 0 Å². The number of nitrogens with zero attached hydrogens (tertiary/aromatic N) is 1. The maximum Gasteiger partial charge on any atom is 0.282 e. The number of phenols is 1. The van der Waals surface area contributed by atoms with Gasteiger partial charge < -0.3 is 10.4 Å². The first-order valence-corrected chi connectivity index (χ1v) is 7.19. The number of hydrogen-bond donors (Lipinski definition) is 2. The first kappa shape index (κ1) is 16.5. The predicted molar refractivity (Wildman–Crippen MR) is 88.0 cm³/mol. The van der Waals surface area contributed by atoms with Crippen molar-refractivity contribution in [1.82, 2.24) is 0 Å². The summed E-state index contributed by atoms with van der Waals surface area (Å²) in [6.45, 7) is 5.61. The molecule has 0 aliphatic heterocycles. The van der Waals surface area contributed by atoms with E-state index in [0.29, 0.717) is 16.8 Å². The van der Waals surface area contributed by atoms with Crippen molar-refractivity contribution in [3.05, 3.63) is 63.2 Å². The Balaban J connectivity index is 2.38. The van der Waals surface area contributed by atoms with E-state index in [1.54, 1.807) is 25.1 Å². The average Bonchev–Trinajstić information content (AvgIpc) is 2.49. The van der Waals surface area contributed by atoms with E-state index in [2.05, 4.69) is 5.32 Å². The summed E-state index contributed by atoms with van der Waals surface area (Å²) in [6, 6.07) is 9.06. The second-order valence-electron chi connectivity index (χ2n) is 5.61. The Morgan fingerprint density at radius 2 is 1.91 bits per heavy atom. The number of nitrogens with one attached hydrogen (secondary N) is 1. The molecular weight excluding hydrogens is 296 g/mol. The van der Waals surface area contributed by atoms with E-state index in [4.69, 9.17) is 0 Å². The number of para-hydroxylation sites is 1. The molecule has 1 amide bonds. The number of rotatable bonds is 4. The molecule has 0 spiro atoms. The number of anilines is 1. The lowest BCUT2D eigenvalue weighted by atomic mass is 9.99. The zero-order valence-electron chi connectivity index (χ0n) is 13.2. The number of nitro groups is 1. The zero-order valence-corrected chi connectivity index (χ0v) is 13.2. The van der Waals surface area contributed by atoms with Crippen molar-refractivity contribution >= 4 is 17.3 Å². The molecule has 23 heavy (non-hydrogen) atoms. The minimum absolute atomic E-state index is 0.00364. The van der Waals surface area contributed by atoms with E-state index in [0.717, 1.165) is 0 Å². The van der Waals surface area contributed by atoms with Crippen LogP contribution in [-0.4, -0.2) is 15.9 Å². The first-order valence-electron chi connectivity index (χ1n) is 7.19. The van der Waals surface area contributed by atoms with Crippen LogP contribution in [0.1, 0.15) is 41.3 Å². The molecule has 0 radical (unpaired) electrons. The Hall–Kier alpha value is -2.89. The number of carbonyl (C=O) groups excluding carboxylic acids is 1. The van der Waals surface area contributed by atoms with Crippen LogP contribution in [0.25, 0.3) is 0 Å². The molecule has 6 nitrogen and oxygen atoms in total. The lowest BCUT2D eigenvalue weighted by Crippen LogP contribution is -2.15. The molecule has 0 aliphatic carbocycles. The van der Waals surface area contributed by atoms with Crippen LogP contribution in [0, 0.1) is 17.0 Å². The number of aromatic hydroxyl groups is 1. The minimum atomic E-state index is -0.585. The molecule has 2 rings (SSSR count). The molecule has 0 bridgehead atoms. The number of aryl methyl sites for hydroxylation is 1. The van der Waals surface area contributed by atoms with Gasteiger partial charge in [0.25, 0.3) is 11.6 Å². The molecule has 0 saturated heterocycles. The summed E-state index contributed by atoms with van der Waals surface area (Å²) in [5.74, 6) is -0.306. The molecule has 6 heteroatoms. The third-order valence-corrected chi connectivity index (χ3v) is 3.59. The molecule has 0 atom stereocenters. The highest BCUT2D eigenvalue weighted by atomic mass is 16.6. The molecule has 0 aliphatic rings. The highest BCUT2D eigenvalue weighted by molar-refractivity contribution is 6.07. The van der Waals surface area contributed by atoms with E-state index in [1.807, 2.05) is 13.8 Å². The lowest BCUT2D eigenvalue weighted by molar-refractivity contribution is -0.385. The quantitative estimate of drug-likeness (QED) is 0.507. The summed E-state index contributed by atoms with van der Waals surface area (Å²) >= 11 is 0. The van der Waals surface area contributed by atoms with E-state index in [-0.39, 0.29) is 22.9 Å². The molecule has 0 fully saturated rings. The topological polar surface area (TPSA) is 92.5 Å². The van der Waals surface area contributed by atoms with Crippen LogP contribution in [0.2, 0.25) is 0 Å². The van der Waals surface area contributed by atoms with E-state index >= 15 is 0 Å². The van der Waals surface area contributed by atoms with Crippen LogP contribution in [-0.2, 0) is 0 Å². The van der Waals surface area contributed by atoms with Gasteiger partial charge in [-0.05, 0) is 42.2 Å². The van der Waals surface area contributed by atoms with Crippen molar-refractivity contribution in [3.63, 3.8) is 0 Å². The number of amides is 1. The standard InChI is InChI=1S/C17H18N2O4/c1-10(2)13-9-14(11(3)8-16(13)20)18-17(21)12-6-4-5-7-15(12)19(22)23/h4-10,20H,1-3H3,(H,18,21). The average molecular weight is 314 g/mol. The molecule has 2 aromatic rings. The summed E-state index contributed by atoms with van der Waals surface area (Å²) in [4.78, 5) is 22.8. The number of carbonyl (C=O) groups is 1. The van der Waals surface area contributed by atoms with Gasteiger partial charge in [0.1, 0.15) is 11.3 Å². The zero-order chi connectivity index (χ0) is 17.1. The van der Waals surface area contributed by atoms with Crippen LogP contribution in [0.15, 0.2) is 36.4 Å². The van der Waals surface area contributed by atoms with Crippen LogP contribution < -0.4 is 5.32 Å². The van der Waals surface area contributed by atoms with Crippen molar-refractivity contribution in [2.75, 3.05) is 5.32 Å². The fraction of sp³-hybridized carbons (Fsp3) is 0.235. The Morgan fingerprint density at radius 1 is 1.26 bits per heavy atom. The molecule has 0 unspecified atom stereocenters. The number of hydrogen-bond acceptors (Lipinski definition) is 4. The fourth-order valence-electron chi connectivity index (χ4n) is 2.32. The predicted octanol–water partition coefficient (Wildman–Crippen LogP) is 3.98. The summed E-state index contributed by atoms with van der Waals surface area (Å²) in [6.07, 6.45) is 0. The number of benzene rings is 2. The molecule has 2 aromatic carbocycles. The van der Waals surface area contributed by atoms with Gasteiger partial charge in [0.2, 0.25) is 0 Å². The highest BCUT2D eigenvalue weighted by Gasteiger charge is 2.20. The Bertz CT molecular complexity index is 769. The Kier molecular flexibility index (Phi) is 4.64. The van der Waals surface area contributed by atoms with Gasteiger partial charge in [-0.25, -0.2) is 0 Å². The normalized spacial score (nSPS) is 10.6. The van der Waals surface area contributed by atoms with Crippen LogP contribution >= 0.6 is 0 Å². The van der Waals surface area contributed by atoms with Gasteiger partial charge >= 0.3 is 0 Å². The third kappa shape index (κ3) is 3.48. The lowest BCUT2D eigenvalue weighted by Gasteiger charge is -2.14. The molecule has 0 saturated carbocycles. The van der Waals surface area contributed by atoms with E-state index in [1.165, 1.54) is 18.2 Å².